The van der Waals surface area contributed by atoms with Gasteiger partial charge in [-0.15, -0.1) is 11.8 Å². The third-order valence-electron chi connectivity index (χ3n) is 6.10. The number of pyridine rings is 1. The Kier molecular flexibility index (Phi) is 2.81. The Balaban J connectivity index is 1.77. The molecule has 2 aliphatic rings. The maximum atomic E-state index is 5.00. The minimum atomic E-state index is 0.435. The van der Waals surface area contributed by atoms with Crippen molar-refractivity contribution < 1.29 is 0 Å². The molecule has 2 nitrogen and oxygen atoms in total. The number of hydrogen-bond acceptors (Lipinski definition) is 2. The molecule has 1 aliphatic heterocycles. The molecule has 28 heavy (non-hydrogen) atoms. The lowest BCUT2D eigenvalue weighted by Crippen LogP contribution is -2.07. The van der Waals surface area contributed by atoms with Crippen LogP contribution in [0.25, 0.3) is 38.4 Å². The molecular formula is C25H16N2S. The molecule has 0 fully saturated rings. The third-order valence-corrected chi connectivity index (χ3v) is 7.44. The number of benzene rings is 3. The predicted molar refractivity (Wildman–Crippen MR) is 118 cm³/mol. The van der Waals surface area contributed by atoms with Crippen LogP contribution in [0, 0.1) is 0 Å². The first kappa shape index (κ1) is 14.9. The molecule has 0 saturated carbocycles. The van der Waals surface area contributed by atoms with Crippen molar-refractivity contribution in [3.05, 3.63) is 90.5 Å². The van der Waals surface area contributed by atoms with Crippen LogP contribution in [0.3, 0.4) is 0 Å². The summed E-state index contributed by atoms with van der Waals surface area (Å²) in [5, 5.41) is 4.41. The zero-order valence-electron chi connectivity index (χ0n) is 15.0. The fourth-order valence-electron chi connectivity index (χ4n) is 4.95. The molecule has 0 bridgehead atoms. The number of aromatic nitrogens is 2. The van der Waals surface area contributed by atoms with Crippen LogP contribution >= 0.6 is 11.8 Å². The molecule has 2 unspecified atom stereocenters. The molecule has 3 aromatic carbocycles. The topological polar surface area (TPSA) is 17.3 Å². The van der Waals surface area contributed by atoms with Crippen molar-refractivity contribution in [1.82, 2.24) is 9.38 Å². The van der Waals surface area contributed by atoms with E-state index in [1.54, 1.807) is 0 Å². The van der Waals surface area contributed by atoms with Crippen molar-refractivity contribution >= 4 is 50.1 Å². The van der Waals surface area contributed by atoms with Crippen LogP contribution in [0.15, 0.2) is 89.9 Å². The summed E-state index contributed by atoms with van der Waals surface area (Å²) >= 11 is 1.99. The summed E-state index contributed by atoms with van der Waals surface area (Å²) in [5.41, 5.74) is 6.00. The molecule has 1 aliphatic carbocycles. The Morgan fingerprint density at radius 3 is 2.57 bits per heavy atom. The van der Waals surface area contributed by atoms with Gasteiger partial charge in [-0.05, 0) is 35.2 Å². The largest absolute Gasteiger partial charge is 0.292 e. The highest BCUT2D eigenvalue weighted by molar-refractivity contribution is 8.00. The van der Waals surface area contributed by atoms with E-state index in [9.17, 15) is 0 Å². The van der Waals surface area contributed by atoms with Crippen molar-refractivity contribution in [2.45, 2.75) is 16.1 Å². The number of fused-ring (bicyclic) bond motifs is 12. The van der Waals surface area contributed by atoms with Gasteiger partial charge in [0.15, 0.2) is 0 Å². The molecule has 0 spiro atoms. The van der Waals surface area contributed by atoms with E-state index in [-0.39, 0.29) is 0 Å². The summed E-state index contributed by atoms with van der Waals surface area (Å²) in [6, 6.07) is 21.8. The predicted octanol–water partition coefficient (Wildman–Crippen LogP) is 6.48. The van der Waals surface area contributed by atoms with Gasteiger partial charge in [-0.1, -0.05) is 60.7 Å². The first-order chi connectivity index (χ1) is 13.9. The number of allylic oxidation sites excluding steroid dienone is 3. The van der Waals surface area contributed by atoms with Gasteiger partial charge >= 0.3 is 0 Å². The van der Waals surface area contributed by atoms with Crippen LogP contribution in [0.2, 0.25) is 0 Å². The van der Waals surface area contributed by atoms with E-state index in [0.717, 1.165) is 11.2 Å². The Morgan fingerprint density at radius 2 is 1.61 bits per heavy atom. The minimum Gasteiger partial charge on any atom is -0.292 e. The number of imidazole rings is 1. The normalized spacial score (nSPS) is 20.4. The van der Waals surface area contributed by atoms with Crippen molar-refractivity contribution in [3.63, 3.8) is 0 Å². The van der Waals surface area contributed by atoms with Crippen LogP contribution in [0.4, 0.5) is 0 Å². The fourth-order valence-corrected chi connectivity index (χ4v) is 6.29. The molecule has 132 valence electrons. The smallest absolute Gasteiger partial charge is 0.146 e. The second-order valence-electron chi connectivity index (χ2n) is 7.55. The molecular weight excluding hydrogens is 360 g/mol. The molecule has 5 aromatic rings. The van der Waals surface area contributed by atoms with Gasteiger partial charge in [0.2, 0.25) is 0 Å². The molecule has 3 heterocycles. The van der Waals surface area contributed by atoms with Gasteiger partial charge in [0.05, 0.1) is 16.6 Å². The highest BCUT2D eigenvalue weighted by Gasteiger charge is 2.33. The number of para-hydroxylation sites is 2. The van der Waals surface area contributed by atoms with Crippen molar-refractivity contribution in [2.75, 3.05) is 0 Å². The quantitative estimate of drug-likeness (QED) is 0.288. The summed E-state index contributed by atoms with van der Waals surface area (Å²) in [4.78, 5) is 6.41. The highest BCUT2D eigenvalue weighted by atomic mass is 32.2. The van der Waals surface area contributed by atoms with Crippen LogP contribution in [-0.2, 0) is 0 Å². The number of rotatable bonds is 0. The fraction of sp³-hybridized carbons (Fsp3) is 0.0800. The van der Waals surface area contributed by atoms with Gasteiger partial charge in [0.1, 0.15) is 5.65 Å². The van der Waals surface area contributed by atoms with Gasteiger partial charge in [0, 0.05) is 26.8 Å². The van der Waals surface area contributed by atoms with Crippen LogP contribution in [0.1, 0.15) is 11.5 Å². The zero-order chi connectivity index (χ0) is 18.2. The Labute approximate surface area is 166 Å². The monoisotopic (exact) mass is 376 g/mol. The Bertz CT molecular complexity index is 1510. The molecule has 0 radical (unpaired) electrons. The van der Waals surface area contributed by atoms with Crippen molar-refractivity contribution in [2.24, 2.45) is 0 Å². The van der Waals surface area contributed by atoms with Gasteiger partial charge in [0.25, 0.3) is 0 Å². The van der Waals surface area contributed by atoms with Gasteiger partial charge in [-0.25, -0.2) is 4.98 Å². The summed E-state index contributed by atoms with van der Waals surface area (Å²) in [6.45, 7) is 0. The van der Waals surface area contributed by atoms with Gasteiger partial charge < -0.3 is 0 Å². The highest BCUT2D eigenvalue weighted by Crippen LogP contribution is 2.52. The molecule has 3 heteroatoms. The van der Waals surface area contributed by atoms with Crippen LogP contribution in [-0.4, -0.2) is 14.6 Å². The summed E-state index contributed by atoms with van der Waals surface area (Å²) in [7, 11) is 0. The zero-order valence-corrected chi connectivity index (χ0v) is 15.9. The maximum absolute atomic E-state index is 5.00. The SMILES string of the molecule is C1=CC2Sc3ccc4c(c3C2C=C1)c1ccccc1c1nc2ccccc2n41. The van der Waals surface area contributed by atoms with E-state index in [1.807, 2.05) is 11.8 Å². The van der Waals surface area contributed by atoms with E-state index in [2.05, 4.69) is 89.4 Å². The Morgan fingerprint density at radius 1 is 0.786 bits per heavy atom. The molecule has 2 atom stereocenters. The molecule has 0 N–H and O–H groups in total. The van der Waals surface area contributed by atoms with E-state index in [4.69, 9.17) is 4.98 Å². The van der Waals surface area contributed by atoms with Crippen molar-refractivity contribution in [1.29, 1.82) is 0 Å². The lowest BCUT2D eigenvalue weighted by Gasteiger charge is -2.18. The molecule has 0 saturated heterocycles. The first-order valence-corrected chi connectivity index (χ1v) is 10.5. The average Bonchev–Trinajstić information content (AvgIpc) is 3.32. The number of hydrogen-bond donors (Lipinski definition) is 0. The average molecular weight is 376 g/mol. The maximum Gasteiger partial charge on any atom is 0.146 e. The van der Waals surface area contributed by atoms with Gasteiger partial charge in [-0.3, -0.25) is 4.40 Å². The lowest BCUT2D eigenvalue weighted by molar-refractivity contribution is 0.890. The van der Waals surface area contributed by atoms with Crippen LogP contribution in [0.5, 0.6) is 0 Å². The van der Waals surface area contributed by atoms with Crippen molar-refractivity contribution in [3.8, 4) is 0 Å². The second kappa shape index (κ2) is 5.27. The first-order valence-electron chi connectivity index (χ1n) is 9.66. The summed E-state index contributed by atoms with van der Waals surface area (Å²) in [5.74, 6) is 0.435. The van der Waals surface area contributed by atoms with E-state index in [0.29, 0.717) is 11.2 Å². The Hall–Kier alpha value is -3.04. The second-order valence-corrected chi connectivity index (χ2v) is 8.77. The standard InChI is InChI=1S/C25H16N2S/c1-2-8-16-15(7-1)23-20(27-19-11-5-4-10-18(19)26-25(16)27)13-14-22-24(23)17-9-3-6-12-21(17)28-22/h1-14,17,21H. The minimum absolute atomic E-state index is 0.435. The molecule has 7 rings (SSSR count). The van der Waals surface area contributed by atoms with E-state index >= 15 is 0 Å². The molecule has 2 aromatic heterocycles. The van der Waals surface area contributed by atoms with E-state index in [1.165, 1.54) is 37.7 Å². The van der Waals surface area contributed by atoms with Gasteiger partial charge in [-0.2, -0.15) is 0 Å². The summed E-state index contributed by atoms with van der Waals surface area (Å²) < 4.78 is 2.35. The number of nitrogens with zero attached hydrogens (tertiary/aromatic N) is 2. The summed E-state index contributed by atoms with van der Waals surface area (Å²) in [6.07, 6.45) is 9.09. The third kappa shape index (κ3) is 1.78. The number of thioether (sulfide) groups is 1. The lowest BCUT2D eigenvalue weighted by atomic mass is 9.88. The van der Waals surface area contributed by atoms with E-state index < -0.39 is 0 Å². The molecule has 0 amide bonds. The van der Waals surface area contributed by atoms with Crippen LogP contribution < -0.4 is 0 Å².